The summed E-state index contributed by atoms with van der Waals surface area (Å²) in [6.07, 6.45) is 4.74. The largest absolute Gasteiger partial charge is 0.496 e. The van der Waals surface area contributed by atoms with E-state index in [4.69, 9.17) is 11.2 Å². The predicted octanol–water partition coefficient (Wildman–Crippen LogP) is 2.51. The Morgan fingerprint density at radius 2 is 2.36 bits per heavy atom. The molecule has 1 rings (SSSR count). The molecule has 1 aromatic rings. The Balaban J connectivity index is 3.04. The molecule has 0 saturated carbocycles. The quantitative estimate of drug-likeness (QED) is 0.841. The van der Waals surface area contributed by atoms with Gasteiger partial charge in [-0.05, 0) is 18.2 Å². The van der Waals surface area contributed by atoms with E-state index in [0.717, 1.165) is 4.47 Å². The first kappa shape index (κ1) is 11.1. The zero-order chi connectivity index (χ0) is 10.6. The highest BCUT2D eigenvalue weighted by Crippen LogP contribution is 2.29. The van der Waals surface area contributed by atoms with Crippen molar-refractivity contribution in [2.45, 2.75) is 12.5 Å². The first-order valence-corrected chi connectivity index (χ1v) is 4.93. The zero-order valence-corrected chi connectivity index (χ0v) is 9.41. The van der Waals surface area contributed by atoms with Crippen LogP contribution >= 0.6 is 15.9 Å². The Hall–Kier alpha value is -0.980. The number of benzene rings is 1. The number of rotatable bonds is 3. The fourth-order valence-electron chi connectivity index (χ4n) is 1.19. The summed E-state index contributed by atoms with van der Waals surface area (Å²) in [5.41, 5.74) is 0.708. The predicted molar refractivity (Wildman–Crippen MR) is 59.1 cm³/mol. The highest BCUT2D eigenvalue weighted by atomic mass is 79.9. The van der Waals surface area contributed by atoms with E-state index in [2.05, 4.69) is 21.9 Å². The summed E-state index contributed by atoms with van der Waals surface area (Å²) in [4.78, 5) is 0. The van der Waals surface area contributed by atoms with Crippen LogP contribution in [0.3, 0.4) is 0 Å². The molecule has 2 nitrogen and oxygen atoms in total. The topological polar surface area (TPSA) is 29.5 Å². The highest BCUT2D eigenvalue weighted by molar-refractivity contribution is 9.10. The first-order valence-electron chi connectivity index (χ1n) is 4.14. The summed E-state index contributed by atoms with van der Waals surface area (Å²) < 4.78 is 6.01. The van der Waals surface area contributed by atoms with Crippen molar-refractivity contribution in [2.75, 3.05) is 7.11 Å². The second-order valence-electron chi connectivity index (χ2n) is 2.81. The monoisotopic (exact) mass is 254 g/mol. The molecule has 0 spiro atoms. The smallest absolute Gasteiger partial charge is 0.124 e. The van der Waals surface area contributed by atoms with Gasteiger partial charge in [0.05, 0.1) is 13.2 Å². The second-order valence-corrected chi connectivity index (χ2v) is 3.73. The van der Waals surface area contributed by atoms with Crippen LogP contribution in [0.15, 0.2) is 22.7 Å². The Bertz CT molecular complexity index is 355. The Kier molecular flexibility index (Phi) is 3.99. The van der Waals surface area contributed by atoms with Gasteiger partial charge in [-0.15, -0.1) is 12.3 Å². The van der Waals surface area contributed by atoms with E-state index in [9.17, 15) is 5.11 Å². The maximum Gasteiger partial charge on any atom is 0.124 e. The minimum atomic E-state index is -0.674. The molecule has 0 heterocycles. The fraction of sp³-hybridized carbons (Fsp3) is 0.273. The SMILES string of the molecule is C#CCC(O)c1cc(Br)ccc1OC. The van der Waals surface area contributed by atoms with E-state index < -0.39 is 6.10 Å². The number of methoxy groups -OCH3 is 1. The third-order valence-corrected chi connectivity index (χ3v) is 2.36. The molecule has 0 aromatic heterocycles. The Morgan fingerprint density at radius 1 is 1.64 bits per heavy atom. The van der Waals surface area contributed by atoms with Crippen molar-refractivity contribution in [3.63, 3.8) is 0 Å². The van der Waals surface area contributed by atoms with E-state index in [1.54, 1.807) is 19.2 Å². The summed E-state index contributed by atoms with van der Waals surface area (Å²) in [5.74, 6) is 3.06. The van der Waals surface area contributed by atoms with Gasteiger partial charge in [0, 0.05) is 16.5 Å². The molecule has 3 heteroatoms. The summed E-state index contributed by atoms with van der Waals surface area (Å²) in [7, 11) is 1.56. The minimum Gasteiger partial charge on any atom is -0.496 e. The van der Waals surface area contributed by atoms with Crippen LogP contribution in [0.1, 0.15) is 18.1 Å². The lowest BCUT2D eigenvalue weighted by Crippen LogP contribution is -1.99. The minimum absolute atomic E-state index is 0.285. The van der Waals surface area contributed by atoms with Crippen molar-refractivity contribution >= 4 is 15.9 Å². The van der Waals surface area contributed by atoms with Crippen LogP contribution in [-0.4, -0.2) is 12.2 Å². The molecule has 1 N–H and O–H groups in total. The van der Waals surface area contributed by atoms with Gasteiger partial charge < -0.3 is 9.84 Å². The molecule has 0 fully saturated rings. The fourth-order valence-corrected chi connectivity index (χ4v) is 1.57. The maximum atomic E-state index is 9.71. The number of halogens is 1. The molecular weight excluding hydrogens is 244 g/mol. The molecule has 0 bridgehead atoms. The van der Waals surface area contributed by atoms with Crippen LogP contribution in [0.25, 0.3) is 0 Å². The molecule has 1 unspecified atom stereocenters. The van der Waals surface area contributed by atoms with E-state index in [1.807, 2.05) is 6.07 Å². The lowest BCUT2D eigenvalue weighted by molar-refractivity contribution is 0.179. The number of terminal acetylenes is 1. The number of hydrogen-bond acceptors (Lipinski definition) is 2. The van der Waals surface area contributed by atoms with Crippen LogP contribution in [0.2, 0.25) is 0 Å². The van der Waals surface area contributed by atoms with Gasteiger partial charge in [-0.25, -0.2) is 0 Å². The van der Waals surface area contributed by atoms with Gasteiger partial charge >= 0.3 is 0 Å². The van der Waals surface area contributed by atoms with Crippen molar-refractivity contribution in [3.05, 3.63) is 28.2 Å². The van der Waals surface area contributed by atoms with Gasteiger partial charge in [-0.2, -0.15) is 0 Å². The molecule has 0 aliphatic carbocycles. The van der Waals surface area contributed by atoms with Crippen molar-refractivity contribution in [1.82, 2.24) is 0 Å². The van der Waals surface area contributed by atoms with Crippen LogP contribution in [-0.2, 0) is 0 Å². The van der Waals surface area contributed by atoms with Crippen molar-refractivity contribution in [3.8, 4) is 18.1 Å². The van der Waals surface area contributed by atoms with E-state index in [1.165, 1.54) is 0 Å². The van der Waals surface area contributed by atoms with Gasteiger partial charge in [0.25, 0.3) is 0 Å². The summed E-state index contributed by atoms with van der Waals surface area (Å²) in [6.45, 7) is 0. The number of aliphatic hydroxyl groups is 1. The molecule has 0 aliphatic rings. The van der Waals surface area contributed by atoms with Crippen LogP contribution in [0, 0.1) is 12.3 Å². The maximum absolute atomic E-state index is 9.71. The van der Waals surface area contributed by atoms with E-state index in [0.29, 0.717) is 11.3 Å². The molecule has 74 valence electrons. The lowest BCUT2D eigenvalue weighted by Gasteiger charge is -2.12. The number of hydrogen-bond donors (Lipinski definition) is 1. The summed E-state index contributed by atoms with van der Waals surface area (Å²) in [5, 5.41) is 9.71. The standard InChI is InChI=1S/C11H11BrO2/c1-3-4-10(13)9-7-8(12)5-6-11(9)14-2/h1,5-7,10,13H,4H2,2H3. The van der Waals surface area contributed by atoms with Gasteiger partial charge in [0.1, 0.15) is 5.75 Å². The molecule has 0 amide bonds. The molecule has 0 saturated heterocycles. The zero-order valence-electron chi connectivity index (χ0n) is 7.83. The van der Waals surface area contributed by atoms with Crippen molar-refractivity contribution in [1.29, 1.82) is 0 Å². The van der Waals surface area contributed by atoms with Crippen molar-refractivity contribution < 1.29 is 9.84 Å². The molecule has 14 heavy (non-hydrogen) atoms. The second kappa shape index (κ2) is 5.04. The van der Waals surface area contributed by atoms with Crippen LogP contribution < -0.4 is 4.74 Å². The average molecular weight is 255 g/mol. The Morgan fingerprint density at radius 3 is 2.93 bits per heavy atom. The third kappa shape index (κ3) is 2.50. The first-order chi connectivity index (χ1) is 6.69. The highest BCUT2D eigenvalue weighted by Gasteiger charge is 2.12. The molecule has 0 aliphatic heterocycles. The number of ether oxygens (including phenoxy) is 1. The van der Waals surface area contributed by atoms with Crippen LogP contribution in [0.5, 0.6) is 5.75 Å². The summed E-state index contributed by atoms with van der Waals surface area (Å²) in [6, 6.07) is 5.45. The van der Waals surface area contributed by atoms with Gasteiger partial charge in [0.2, 0.25) is 0 Å². The molecule has 1 atom stereocenters. The van der Waals surface area contributed by atoms with Crippen LogP contribution in [0.4, 0.5) is 0 Å². The average Bonchev–Trinajstić information content (AvgIpc) is 2.18. The van der Waals surface area contributed by atoms with Crippen molar-refractivity contribution in [2.24, 2.45) is 0 Å². The van der Waals surface area contributed by atoms with E-state index in [-0.39, 0.29) is 6.42 Å². The van der Waals surface area contributed by atoms with Gasteiger partial charge in [-0.1, -0.05) is 15.9 Å². The van der Waals surface area contributed by atoms with Gasteiger partial charge in [0.15, 0.2) is 0 Å². The summed E-state index contributed by atoms with van der Waals surface area (Å²) >= 11 is 3.33. The van der Waals surface area contributed by atoms with E-state index >= 15 is 0 Å². The molecule has 1 aromatic carbocycles. The molecular formula is C11H11BrO2. The van der Waals surface area contributed by atoms with Gasteiger partial charge in [-0.3, -0.25) is 0 Å². The Labute approximate surface area is 92.0 Å². The lowest BCUT2D eigenvalue weighted by atomic mass is 10.1. The normalized spacial score (nSPS) is 11.9. The third-order valence-electron chi connectivity index (χ3n) is 1.86. The molecule has 0 radical (unpaired) electrons. The number of aliphatic hydroxyl groups excluding tert-OH is 1.